The first-order chi connectivity index (χ1) is 7.18. The number of aromatic carboxylic acids is 1. The van der Waals surface area contributed by atoms with E-state index in [4.69, 9.17) is 4.42 Å². The highest BCUT2D eigenvalue weighted by Gasteiger charge is 2.09. The molecular weight excluding hydrogens is 192 g/mol. The normalized spacial score (nSPS) is 10.2. The van der Waals surface area contributed by atoms with Crippen LogP contribution in [0.4, 0.5) is 0 Å². The Kier molecular flexibility index (Phi) is 2.29. The average molecular weight is 201 g/mol. The summed E-state index contributed by atoms with van der Waals surface area (Å²) in [4.78, 5) is 10.7. The molecule has 1 aromatic heterocycles. The Balaban J connectivity index is 2.48. The van der Waals surface area contributed by atoms with Gasteiger partial charge in [-0.2, -0.15) is 0 Å². The van der Waals surface area contributed by atoms with Crippen molar-refractivity contribution in [1.82, 2.24) is 0 Å². The highest BCUT2D eigenvalue weighted by molar-refractivity contribution is 5.88. The minimum absolute atomic E-state index is 0.105. The number of carboxylic acid groups (broad SMARTS) is 1. The molecule has 3 heteroatoms. The number of furan rings is 1. The zero-order valence-corrected chi connectivity index (χ0v) is 8.19. The fourth-order valence-corrected chi connectivity index (χ4v) is 1.43. The highest BCUT2D eigenvalue weighted by Crippen LogP contribution is 2.24. The standard InChI is InChI=1S/C12H10O3/c1-8-10(12(13)14)7-11(15-8)9-5-3-2-4-6-9/h2-7H,1H3,(H,13,14)/p-1. The lowest BCUT2D eigenvalue weighted by Gasteiger charge is -1.95. The Hall–Kier alpha value is -2.03. The minimum Gasteiger partial charge on any atom is -0.545 e. The zero-order chi connectivity index (χ0) is 10.8. The molecule has 0 aliphatic heterocycles. The lowest BCUT2D eigenvalue weighted by Crippen LogP contribution is -2.22. The number of aryl methyl sites for hydroxylation is 1. The van der Waals surface area contributed by atoms with Gasteiger partial charge in [0.2, 0.25) is 0 Å². The second-order valence-corrected chi connectivity index (χ2v) is 3.23. The van der Waals surface area contributed by atoms with E-state index in [1.54, 1.807) is 6.92 Å². The maximum absolute atomic E-state index is 10.7. The van der Waals surface area contributed by atoms with E-state index in [0.29, 0.717) is 11.5 Å². The molecule has 0 radical (unpaired) electrons. The first kappa shape index (κ1) is 9.52. The molecule has 0 bridgehead atoms. The predicted molar refractivity (Wildman–Crippen MR) is 53.2 cm³/mol. The summed E-state index contributed by atoms with van der Waals surface area (Å²) in [6.45, 7) is 1.61. The number of hydrogen-bond acceptors (Lipinski definition) is 3. The van der Waals surface area contributed by atoms with Crippen LogP contribution in [-0.4, -0.2) is 5.97 Å². The number of carbonyl (C=O) groups excluding carboxylic acids is 1. The molecule has 0 aliphatic carbocycles. The molecule has 1 heterocycles. The number of hydrogen-bond donors (Lipinski definition) is 0. The topological polar surface area (TPSA) is 53.3 Å². The summed E-state index contributed by atoms with van der Waals surface area (Å²) in [5.74, 6) is -0.292. The van der Waals surface area contributed by atoms with Crippen LogP contribution >= 0.6 is 0 Å². The molecule has 0 unspecified atom stereocenters. The second kappa shape index (κ2) is 3.61. The largest absolute Gasteiger partial charge is 0.545 e. The number of rotatable bonds is 2. The fraction of sp³-hybridized carbons (Fsp3) is 0.0833. The van der Waals surface area contributed by atoms with E-state index < -0.39 is 5.97 Å². The summed E-state index contributed by atoms with van der Waals surface area (Å²) >= 11 is 0. The van der Waals surface area contributed by atoms with Crippen molar-refractivity contribution in [3.63, 3.8) is 0 Å². The highest BCUT2D eigenvalue weighted by atomic mass is 16.4. The van der Waals surface area contributed by atoms with Crippen LogP contribution in [-0.2, 0) is 0 Å². The van der Waals surface area contributed by atoms with E-state index in [1.807, 2.05) is 30.3 Å². The Morgan fingerprint density at radius 1 is 1.27 bits per heavy atom. The molecule has 0 aliphatic rings. The van der Waals surface area contributed by atoms with Crippen molar-refractivity contribution < 1.29 is 14.3 Å². The van der Waals surface area contributed by atoms with Gasteiger partial charge in [-0.05, 0) is 13.0 Å². The van der Waals surface area contributed by atoms with Crippen LogP contribution in [0.5, 0.6) is 0 Å². The lowest BCUT2D eigenvalue weighted by molar-refractivity contribution is -0.255. The molecule has 0 saturated heterocycles. The van der Waals surface area contributed by atoms with Gasteiger partial charge in [0.15, 0.2) is 0 Å². The van der Waals surface area contributed by atoms with Crippen molar-refractivity contribution in [2.45, 2.75) is 6.92 Å². The van der Waals surface area contributed by atoms with Crippen molar-refractivity contribution >= 4 is 5.97 Å². The van der Waals surface area contributed by atoms with Crippen molar-refractivity contribution in [3.05, 3.63) is 47.7 Å². The van der Waals surface area contributed by atoms with Crippen molar-refractivity contribution in [3.8, 4) is 11.3 Å². The van der Waals surface area contributed by atoms with Gasteiger partial charge in [-0.15, -0.1) is 0 Å². The van der Waals surface area contributed by atoms with Crippen LogP contribution in [0.3, 0.4) is 0 Å². The quantitative estimate of drug-likeness (QED) is 0.741. The van der Waals surface area contributed by atoms with E-state index in [9.17, 15) is 9.90 Å². The van der Waals surface area contributed by atoms with Gasteiger partial charge >= 0.3 is 0 Å². The lowest BCUT2D eigenvalue weighted by atomic mass is 10.1. The third-order valence-electron chi connectivity index (χ3n) is 2.20. The molecule has 0 atom stereocenters. The first-order valence-electron chi connectivity index (χ1n) is 4.55. The molecule has 0 saturated carbocycles. The molecule has 0 N–H and O–H groups in total. The third kappa shape index (κ3) is 1.76. The van der Waals surface area contributed by atoms with Crippen molar-refractivity contribution in [1.29, 1.82) is 0 Å². The SMILES string of the molecule is Cc1oc(-c2ccccc2)cc1C(=O)[O-]. The van der Waals surface area contributed by atoms with Gasteiger partial charge in [0.25, 0.3) is 0 Å². The van der Waals surface area contributed by atoms with Crippen molar-refractivity contribution in [2.24, 2.45) is 0 Å². The molecule has 76 valence electrons. The molecule has 15 heavy (non-hydrogen) atoms. The molecule has 0 fully saturated rings. The van der Waals surface area contributed by atoms with Gasteiger partial charge in [-0.25, -0.2) is 0 Å². The summed E-state index contributed by atoms with van der Waals surface area (Å²) < 4.78 is 5.34. The molecule has 3 nitrogen and oxygen atoms in total. The van der Waals surface area contributed by atoms with E-state index in [0.717, 1.165) is 5.56 Å². The van der Waals surface area contributed by atoms with E-state index in [-0.39, 0.29) is 5.56 Å². The molecular formula is C12H9O3-. The summed E-state index contributed by atoms with van der Waals surface area (Å²) in [5.41, 5.74) is 0.960. The van der Waals surface area contributed by atoms with Gasteiger partial charge < -0.3 is 14.3 Å². The van der Waals surface area contributed by atoms with E-state index in [1.165, 1.54) is 6.07 Å². The molecule has 2 aromatic rings. The number of carboxylic acids is 1. The minimum atomic E-state index is -1.21. The van der Waals surface area contributed by atoms with Gasteiger partial charge in [0, 0.05) is 11.1 Å². The van der Waals surface area contributed by atoms with Gasteiger partial charge in [-0.3, -0.25) is 0 Å². The number of carbonyl (C=O) groups is 1. The van der Waals surface area contributed by atoms with Crippen LogP contribution in [0.15, 0.2) is 40.8 Å². The fourth-order valence-electron chi connectivity index (χ4n) is 1.43. The first-order valence-corrected chi connectivity index (χ1v) is 4.55. The Morgan fingerprint density at radius 2 is 1.93 bits per heavy atom. The summed E-state index contributed by atoms with van der Waals surface area (Å²) in [5, 5.41) is 10.7. The van der Waals surface area contributed by atoms with Crippen molar-refractivity contribution in [2.75, 3.05) is 0 Å². The Bertz CT molecular complexity index is 483. The molecule has 0 amide bonds. The molecule has 0 spiro atoms. The smallest absolute Gasteiger partial charge is 0.134 e. The maximum atomic E-state index is 10.7. The average Bonchev–Trinajstić information content (AvgIpc) is 2.62. The number of benzene rings is 1. The van der Waals surface area contributed by atoms with E-state index in [2.05, 4.69) is 0 Å². The molecule has 2 rings (SSSR count). The van der Waals surface area contributed by atoms with E-state index >= 15 is 0 Å². The third-order valence-corrected chi connectivity index (χ3v) is 2.20. The van der Waals surface area contributed by atoms with Crippen LogP contribution in [0.25, 0.3) is 11.3 Å². The maximum Gasteiger partial charge on any atom is 0.134 e. The van der Waals surface area contributed by atoms with Crippen LogP contribution in [0, 0.1) is 6.92 Å². The summed E-state index contributed by atoms with van der Waals surface area (Å²) in [7, 11) is 0. The van der Waals surface area contributed by atoms with Crippen LogP contribution < -0.4 is 5.11 Å². The van der Waals surface area contributed by atoms with Crippen LogP contribution in [0.2, 0.25) is 0 Å². The van der Waals surface area contributed by atoms with Gasteiger partial charge in [0.1, 0.15) is 11.5 Å². The molecule has 1 aromatic carbocycles. The summed E-state index contributed by atoms with van der Waals surface area (Å²) in [6, 6.07) is 10.8. The van der Waals surface area contributed by atoms with Gasteiger partial charge in [0.05, 0.1) is 5.97 Å². The van der Waals surface area contributed by atoms with Crippen LogP contribution in [0.1, 0.15) is 16.1 Å². The zero-order valence-electron chi connectivity index (χ0n) is 8.19. The Labute approximate surface area is 87.0 Å². The monoisotopic (exact) mass is 201 g/mol. The summed E-state index contributed by atoms with van der Waals surface area (Å²) in [6.07, 6.45) is 0. The second-order valence-electron chi connectivity index (χ2n) is 3.23. The Morgan fingerprint density at radius 3 is 2.47 bits per heavy atom. The predicted octanol–water partition coefficient (Wildman–Crippen LogP) is 1.62. The van der Waals surface area contributed by atoms with Gasteiger partial charge in [-0.1, -0.05) is 30.3 Å².